The van der Waals surface area contributed by atoms with Gasteiger partial charge in [0, 0.05) is 20.5 Å². The van der Waals surface area contributed by atoms with E-state index in [1.165, 1.54) is 0 Å². The zero-order chi connectivity index (χ0) is 9.14. The van der Waals surface area contributed by atoms with Crippen LogP contribution >= 0.6 is 0 Å². The Morgan fingerprint density at radius 2 is 2.25 bits per heavy atom. The van der Waals surface area contributed by atoms with Gasteiger partial charge >= 0.3 is 6.01 Å². The summed E-state index contributed by atoms with van der Waals surface area (Å²) in [5.41, 5.74) is 0. The van der Waals surface area contributed by atoms with Crippen molar-refractivity contribution < 1.29 is 9.52 Å². The Balaban J connectivity index is 2.58. The van der Waals surface area contributed by atoms with Crippen LogP contribution < -0.4 is 4.90 Å². The van der Waals surface area contributed by atoms with E-state index in [0.29, 0.717) is 18.5 Å². The molecular weight excluding hydrogens is 158 g/mol. The summed E-state index contributed by atoms with van der Waals surface area (Å²) in [6.45, 7) is 3.92. The van der Waals surface area contributed by atoms with Gasteiger partial charge in [-0.3, -0.25) is 0 Å². The fraction of sp³-hybridized carbons (Fsp3) is 0.714. The van der Waals surface area contributed by atoms with Gasteiger partial charge in [0.2, 0.25) is 5.89 Å². The largest absolute Gasteiger partial charge is 0.408 e. The molecule has 1 aromatic rings. The second-order valence-corrected chi connectivity index (χ2v) is 2.83. The maximum Gasteiger partial charge on any atom is 0.317 e. The van der Waals surface area contributed by atoms with E-state index in [1.54, 1.807) is 25.8 Å². The first-order chi connectivity index (χ1) is 5.59. The molecule has 0 saturated heterocycles. The molecule has 68 valence electrons. The summed E-state index contributed by atoms with van der Waals surface area (Å²) in [6, 6.07) is 0.438. The van der Waals surface area contributed by atoms with Crippen LogP contribution in [0.1, 0.15) is 12.8 Å². The monoisotopic (exact) mass is 171 g/mol. The molecule has 0 aliphatic heterocycles. The van der Waals surface area contributed by atoms with Gasteiger partial charge in [-0.15, -0.1) is 5.10 Å². The molecular formula is C7H13N3O2. The molecule has 1 N–H and O–H groups in total. The van der Waals surface area contributed by atoms with Gasteiger partial charge in [-0.1, -0.05) is 5.10 Å². The van der Waals surface area contributed by atoms with Crippen LogP contribution in [-0.2, 0) is 0 Å². The van der Waals surface area contributed by atoms with Crippen molar-refractivity contribution in [2.24, 2.45) is 0 Å². The predicted octanol–water partition coefficient (Wildman–Crippen LogP) is 0.195. The number of rotatable bonds is 3. The number of hydrogen-bond acceptors (Lipinski definition) is 5. The van der Waals surface area contributed by atoms with Crippen molar-refractivity contribution in [2.45, 2.75) is 20.0 Å². The minimum absolute atomic E-state index is 0.401. The molecule has 0 aliphatic carbocycles. The minimum Gasteiger partial charge on any atom is -0.408 e. The van der Waals surface area contributed by atoms with Gasteiger partial charge in [0.15, 0.2) is 0 Å². The van der Waals surface area contributed by atoms with E-state index >= 15 is 0 Å². The van der Waals surface area contributed by atoms with Gasteiger partial charge in [0.1, 0.15) is 0 Å². The highest BCUT2D eigenvalue weighted by Crippen LogP contribution is 2.09. The number of aromatic nitrogens is 2. The number of aliphatic hydroxyl groups is 1. The van der Waals surface area contributed by atoms with Gasteiger partial charge in [-0.2, -0.15) is 0 Å². The number of anilines is 1. The van der Waals surface area contributed by atoms with Crippen LogP contribution in [0.4, 0.5) is 6.01 Å². The molecule has 0 bridgehead atoms. The third-order valence-electron chi connectivity index (χ3n) is 1.38. The molecule has 0 aliphatic rings. The van der Waals surface area contributed by atoms with Crippen LogP contribution in [0, 0.1) is 6.92 Å². The van der Waals surface area contributed by atoms with E-state index < -0.39 is 6.10 Å². The van der Waals surface area contributed by atoms with Crippen LogP contribution in [0.5, 0.6) is 0 Å². The predicted molar refractivity (Wildman–Crippen MR) is 44.0 cm³/mol. The first-order valence-electron chi connectivity index (χ1n) is 3.79. The number of nitrogens with zero attached hydrogens (tertiary/aromatic N) is 3. The molecule has 0 fully saturated rings. The summed E-state index contributed by atoms with van der Waals surface area (Å²) in [5.74, 6) is 0.530. The third-order valence-corrected chi connectivity index (χ3v) is 1.38. The van der Waals surface area contributed by atoms with Crippen molar-refractivity contribution >= 4 is 6.01 Å². The molecule has 1 atom stereocenters. The minimum atomic E-state index is -0.401. The lowest BCUT2D eigenvalue weighted by Gasteiger charge is -2.14. The average Bonchev–Trinajstić information content (AvgIpc) is 2.34. The molecule has 0 radical (unpaired) electrons. The topological polar surface area (TPSA) is 62.4 Å². The SMILES string of the molecule is Cc1nnc(N(C)C[C@@H](C)O)o1. The Bertz CT molecular complexity index is 247. The molecule has 1 rings (SSSR count). The number of aryl methyl sites for hydroxylation is 1. The molecule has 0 saturated carbocycles. The molecule has 1 aromatic heterocycles. The van der Waals surface area contributed by atoms with Crippen molar-refractivity contribution in [1.29, 1.82) is 0 Å². The Hall–Kier alpha value is -1.10. The maximum atomic E-state index is 9.06. The van der Waals surface area contributed by atoms with Crippen molar-refractivity contribution in [2.75, 3.05) is 18.5 Å². The van der Waals surface area contributed by atoms with Gasteiger partial charge in [0.05, 0.1) is 6.10 Å². The molecule has 5 nitrogen and oxygen atoms in total. The zero-order valence-corrected chi connectivity index (χ0v) is 7.48. The Kier molecular flexibility index (Phi) is 2.65. The summed E-state index contributed by atoms with van der Waals surface area (Å²) in [7, 11) is 1.79. The highest BCUT2D eigenvalue weighted by atomic mass is 16.4. The van der Waals surface area contributed by atoms with Crippen molar-refractivity contribution in [3.8, 4) is 0 Å². The van der Waals surface area contributed by atoms with Crippen molar-refractivity contribution in [3.63, 3.8) is 0 Å². The average molecular weight is 171 g/mol. The van der Waals surface area contributed by atoms with Crippen LogP contribution in [0.15, 0.2) is 4.42 Å². The first-order valence-corrected chi connectivity index (χ1v) is 3.79. The zero-order valence-electron chi connectivity index (χ0n) is 7.48. The van der Waals surface area contributed by atoms with Crippen molar-refractivity contribution in [3.05, 3.63) is 5.89 Å². The van der Waals surface area contributed by atoms with Crippen LogP contribution in [0.25, 0.3) is 0 Å². The van der Waals surface area contributed by atoms with E-state index in [2.05, 4.69) is 10.2 Å². The quantitative estimate of drug-likeness (QED) is 0.703. The van der Waals surface area contributed by atoms with Crippen LogP contribution in [0.3, 0.4) is 0 Å². The Morgan fingerprint density at radius 1 is 1.58 bits per heavy atom. The lowest BCUT2D eigenvalue weighted by atomic mass is 10.4. The summed E-state index contributed by atoms with van der Waals surface area (Å²) in [6.07, 6.45) is -0.401. The van der Waals surface area contributed by atoms with E-state index in [4.69, 9.17) is 9.52 Å². The van der Waals surface area contributed by atoms with Crippen LogP contribution in [0.2, 0.25) is 0 Å². The fourth-order valence-corrected chi connectivity index (χ4v) is 0.915. The van der Waals surface area contributed by atoms with E-state index in [-0.39, 0.29) is 0 Å². The fourth-order valence-electron chi connectivity index (χ4n) is 0.915. The Labute approximate surface area is 71.0 Å². The van der Waals surface area contributed by atoms with E-state index in [0.717, 1.165) is 0 Å². The van der Waals surface area contributed by atoms with Crippen LogP contribution in [-0.4, -0.2) is 35.0 Å². The molecule has 0 unspecified atom stereocenters. The highest BCUT2D eigenvalue weighted by molar-refractivity contribution is 5.21. The molecule has 5 heteroatoms. The highest BCUT2D eigenvalue weighted by Gasteiger charge is 2.09. The molecule has 1 heterocycles. The summed E-state index contributed by atoms with van der Waals surface area (Å²) in [5, 5.41) is 16.5. The van der Waals surface area contributed by atoms with E-state index in [9.17, 15) is 0 Å². The van der Waals surface area contributed by atoms with Gasteiger partial charge in [0.25, 0.3) is 0 Å². The standard InChI is InChI=1S/C7H13N3O2/c1-5(11)4-10(3)7-9-8-6(2)12-7/h5,11H,4H2,1-3H3/t5-/m1/s1. The summed E-state index contributed by atoms with van der Waals surface area (Å²) >= 11 is 0. The lowest BCUT2D eigenvalue weighted by Crippen LogP contribution is -2.27. The van der Waals surface area contributed by atoms with Crippen molar-refractivity contribution in [1.82, 2.24) is 10.2 Å². The second-order valence-electron chi connectivity index (χ2n) is 2.83. The van der Waals surface area contributed by atoms with Gasteiger partial charge < -0.3 is 14.4 Å². The first kappa shape index (κ1) is 8.99. The number of hydrogen-bond donors (Lipinski definition) is 1. The smallest absolute Gasteiger partial charge is 0.317 e. The van der Waals surface area contributed by atoms with E-state index in [1.807, 2.05) is 0 Å². The molecule has 0 amide bonds. The molecule has 12 heavy (non-hydrogen) atoms. The van der Waals surface area contributed by atoms with Gasteiger partial charge in [-0.25, -0.2) is 0 Å². The normalized spacial score (nSPS) is 13.0. The van der Waals surface area contributed by atoms with Gasteiger partial charge in [-0.05, 0) is 6.92 Å². The lowest BCUT2D eigenvalue weighted by molar-refractivity contribution is 0.200. The maximum absolute atomic E-state index is 9.06. The summed E-state index contributed by atoms with van der Waals surface area (Å²) < 4.78 is 5.14. The Morgan fingerprint density at radius 3 is 2.67 bits per heavy atom. The number of likely N-dealkylation sites (N-methyl/N-ethyl adjacent to an activating group) is 1. The molecule has 0 aromatic carbocycles. The molecule has 0 spiro atoms. The second kappa shape index (κ2) is 3.53. The summed E-state index contributed by atoms with van der Waals surface area (Å²) in [4.78, 5) is 1.71. The third kappa shape index (κ3) is 2.20. The number of aliphatic hydroxyl groups excluding tert-OH is 1.